The molecular formula is C24H15ClN2O4S. The minimum absolute atomic E-state index is 0.0838. The first kappa shape index (κ1) is 21.5. The van der Waals surface area contributed by atoms with Crippen LogP contribution in [0.1, 0.15) is 10.4 Å². The topological polar surface area (TPSA) is 76.0 Å². The summed E-state index contributed by atoms with van der Waals surface area (Å²) >= 11 is 7.02. The molecule has 1 saturated heterocycles. The number of carbonyl (C=O) groups excluding carboxylic acids is 3. The summed E-state index contributed by atoms with van der Waals surface area (Å²) in [5, 5.41) is 0.370. The Morgan fingerprint density at radius 1 is 0.906 bits per heavy atom. The average molecular weight is 463 g/mol. The number of aliphatic imine (C=N–C) groups is 1. The highest BCUT2D eigenvalue weighted by Gasteiger charge is 2.36. The Bertz CT molecular complexity index is 1240. The van der Waals surface area contributed by atoms with Crippen LogP contribution in [0.3, 0.4) is 0 Å². The number of hydrogen-bond acceptors (Lipinski definition) is 5. The molecule has 0 spiro atoms. The van der Waals surface area contributed by atoms with E-state index in [-0.39, 0.29) is 20.7 Å². The number of rotatable bonds is 4. The molecule has 8 heteroatoms. The molecule has 3 aromatic carbocycles. The Kier molecular flexibility index (Phi) is 6.49. The molecule has 4 rings (SSSR count). The van der Waals surface area contributed by atoms with Gasteiger partial charge in [-0.3, -0.25) is 14.5 Å². The summed E-state index contributed by atoms with van der Waals surface area (Å²) in [4.78, 5) is 43.7. The Hall–Kier alpha value is -3.68. The molecule has 0 aromatic heterocycles. The fraction of sp³-hybridized carbons (Fsp3) is 0. The first-order chi connectivity index (χ1) is 15.5. The lowest BCUT2D eigenvalue weighted by Crippen LogP contribution is -2.29. The van der Waals surface area contributed by atoms with Crippen LogP contribution in [-0.2, 0) is 9.59 Å². The van der Waals surface area contributed by atoms with E-state index in [4.69, 9.17) is 16.3 Å². The number of amidine groups is 1. The van der Waals surface area contributed by atoms with E-state index in [1.807, 2.05) is 0 Å². The number of ether oxygens (including phenoxy) is 1. The van der Waals surface area contributed by atoms with Gasteiger partial charge >= 0.3 is 5.97 Å². The molecule has 0 bridgehead atoms. The number of nitrogens with zero attached hydrogens (tertiary/aromatic N) is 2. The number of hydrogen-bond donors (Lipinski definition) is 0. The van der Waals surface area contributed by atoms with Gasteiger partial charge in [0.05, 0.1) is 21.2 Å². The molecule has 0 atom stereocenters. The van der Waals surface area contributed by atoms with Crippen LogP contribution in [0.15, 0.2) is 101 Å². The molecule has 158 valence electrons. The van der Waals surface area contributed by atoms with Gasteiger partial charge in [0.1, 0.15) is 5.75 Å². The number of esters is 1. The van der Waals surface area contributed by atoms with Gasteiger partial charge in [-0.1, -0.05) is 60.1 Å². The van der Waals surface area contributed by atoms with Crippen molar-refractivity contribution in [1.29, 1.82) is 0 Å². The van der Waals surface area contributed by atoms with Crippen LogP contribution in [0.2, 0.25) is 5.02 Å². The number of thioether (sulfide) groups is 1. The average Bonchev–Trinajstić information content (AvgIpc) is 3.09. The smallest absolute Gasteiger partial charge is 0.337 e. The van der Waals surface area contributed by atoms with Gasteiger partial charge in [-0.25, -0.2) is 4.79 Å². The van der Waals surface area contributed by atoms with Crippen molar-refractivity contribution in [3.8, 4) is 5.75 Å². The number of carbonyl (C=O) groups is 3. The Balaban J connectivity index is 1.67. The van der Waals surface area contributed by atoms with Crippen molar-refractivity contribution in [3.63, 3.8) is 0 Å². The Labute approximate surface area is 193 Å². The summed E-state index contributed by atoms with van der Waals surface area (Å²) in [7, 11) is 0. The number of anilines is 1. The van der Waals surface area contributed by atoms with Gasteiger partial charge in [-0.15, -0.1) is 0 Å². The van der Waals surface area contributed by atoms with E-state index in [0.717, 1.165) is 17.8 Å². The molecule has 0 aliphatic carbocycles. The van der Waals surface area contributed by atoms with E-state index in [1.54, 1.807) is 84.9 Å². The highest BCUT2D eigenvalue weighted by atomic mass is 35.5. The van der Waals surface area contributed by atoms with E-state index in [1.165, 1.54) is 4.90 Å². The standard InChI is InChI=1S/C24H15ClN2O4S/c25-19-14-8-7-13-18(19)22(29)26-24-27(16-9-3-1-4-10-16)23(30)20(32-24)15-21(28)31-17-11-5-2-6-12-17/h1-15H. The van der Waals surface area contributed by atoms with Crippen LogP contribution in [0.5, 0.6) is 5.75 Å². The minimum atomic E-state index is -0.709. The van der Waals surface area contributed by atoms with E-state index >= 15 is 0 Å². The first-order valence-electron chi connectivity index (χ1n) is 9.46. The largest absolute Gasteiger partial charge is 0.423 e. The number of benzene rings is 3. The Morgan fingerprint density at radius 3 is 2.22 bits per heavy atom. The van der Waals surface area contributed by atoms with Crippen LogP contribution >= 0.6 is 23.4 Å². The maximum atomic E-state index is 13.1. The number of halogens is 1. The summed E-state index contributed by atoms with van der Waals surface area (Å²) in [5.74, 6) is -1.44. The molecule has 3 aromatic rings. The zero-order chi connectivity index (χ0) is 22.5. The van der Waals surface area contributed by atoms with Crippen LogP contribution in [0.25, 0.3) is 0 Å². The third kappa shape index (κ3) is 4.80. The van der Waals surface area contributed by atoms with Gasteiger partial charge in [-0.05, 0) is 48.2 Å². The summed E-state index contributed by atoms with van der Waals surface area (Å²) < 4.78 is 5.24. The van der Waals surface area contributed by atoms with Crippen molar-refractivity contribution in [3.05, 3.63) is 106 Å². The quantitative estimate of drug-likeness (QED) is 0.306. The zero-order valence-corrected chi connectivity index (χ0v) is 18.0. The van der Waals surface area contributed by atoms with Crippen molar-refractivity contribution >= 4 is 52.0 Å². The van der Waals surface area contributed by atoms with E-state index in [2.05, 4.69) is 4.99 Å². The second-order valence-electron chi connectivity index (χ2n) is 6.50. The van der Waals surface area contributed by atoms with Crippen LogP contribution in [0, 0.1) is 0 Å². The number of amides is 2. The lowest BCUT2D eigenvalue weighted by molar-refractivity contribution is -0.129. The monoisotopic (exact) mass is 462 g/mol. The summed E-state index contributed by atoms with van der Waals surface area (Å²) in [6, 6.07) is 23.8. The maximum Gasteiger partial charge on any atom is 0.337 e. The fourth-order valence-electron chi connectivity index (χ4n) is 2.88. The Morgan fingerprint density at radius 2 is 1.53 bits per heavy atom. The maximum absolute atomic E-state index is 13.1. The van der Waals surface area contributed by atoms with Crippen LogP contribution < -0.4 is 9.64 Å². The SMILES string of the molecule is O=C(C=C1SC(=NC(=O)c2ccccc2Cl)N(c2ccccc2)C1=O)Oc1ccccc1. The highest BCUT2D eigenvalue weighted by Crippen LogP contribution is 2.35. The van der Waals surface area contributed by atoms with Gasteiger partial charge in [-0.2, -0.15) is 4.99 Å². The predicted molar refractivity (Wildman–Crippen MR) is 125 cm³/mol. The molecule has 1 fully saturated rings. The zero-order valence-electron chi connectivity index (χ0n) is 16.5. The van der Waals surface area contributed by atoms with Crippen molar-refractivity contribution in [2.75, 3.05) is 4.90 Å². The van der Waals surface area contributed by atoms with Gasteiger partial charge in [0.25, 0.3) is 11.8 Å². The molecule has 1 heterocycles. The molecule has 32 heavy (non-hydrogen) atoms. The van der Waals surface area contributed by atoms with E-state index in [0.29, 0.717) is 11.4 Å². The van der Waals surface area contributed by atoms with Crippen molar-refractivity contribution in [1.82, 2.24) is 0 Å². The lowest BCUT2D eigenvalue weighted by atomic mass is 10.2. The van der Waals surface area contributed by atoms with Crippen molar-refractivity contribution < 1.29 is 19.1 Å². The van der Waals surface area contributed by atoms with Gasteiger partial charge in [0, 0.05) is 6.08 Å². The molecular weight excluding hydrogens is 448 g/mol. The van der Waals surface area contributed by atoms with Gasteiger partial charge in [0.15, 0.2) is 5.17 Å². The molecule has 2 amide bonds. The molecule has 1 aliphatic rings. The summed E-state index contributed by atoms with van der Waals surface area (Å²) in [6.45, 7) is 0. The molecule has 0 N–H and O–H groups in total. The third-order valence-corrected chi connectivity index (χ3v) is 5.63. The van der Waals surface area contributed by atoms with E-state index < -0.39 is 17.8 Å². The second-order valence-corrected chi connectivity index (χ2v) is 7.92. The van der Waals surface area contributed by atoms with Crippen molar-refractivity contribution in [2.24, 2.45) is 4.99 Å². The number of para-hydroxylation sites is 2. The van der Waals surface area contributed by atoms with E-state index in [9.17, 15) is 14.4 Å². The summed E-state index contributed by atoms with van der Waals surface area (Å²) in [5.41, 5.74) is 0.721. The minimum Gasteiger partial charge on any atom is -0.423 e. The molecule has 0 unspecified atom stereocenters. The molecule has 1 aliphatic heterocycles. The summed E-state index contributed by atoms with van der Waals surface area (Å²) in [6.07, 6.45) is 1.10. The predicted octanol–water partition coefficient (Wildman–Crippen LogP) is 5.11. The van der Waals surface area contributed by atoms with Gasteiger partial charge < -0.3 is 4.74 Å². The third-order valence-electron chi connectivity index (χ3n) is 4.33. The van der Waals surface area contributed by atoms with Crippen LogP contribution in [-0.4, -0.2) is 23.0 Å². The fourth-order valence-corrected chi connectivity index (χ4v) is 4.03. The van der Waals surface area contributed by atoms with Gasteiger partial charge in [0.2, 0.25) is 0 Å². The van der Waals surface area contributed by atoms with Crippen molar-refractivity contribution in [2.45, 2.75) is 0 Å². The van der Waals surface area contributed by atoms with Crippen LogP contribution in [0.4, 0.5) is 5.69 Å². The highest BCUT2D eigenvalue weighted by molar-refractivity contribution is 8.19. The normalized spacial score (nSPS) is 15.9. The lowest BCUT2D eigenvalue weighted by Gasteiger charge is -2.15. The molecule has 0 saturated carbocycles. The molecule has 0 radical (unpaired) electrons. The molecule has 6 nitrogen and oxygen atoms in total. The second kappa shape index (κ2) is 9.64. The first-order valence-corrected chi connectivity index (χ1v) is 10.7.